The van der Waals surface area contributed by atoms with Crippen LogP contribution in [0, 0.1) is 5.82 Å². The minimum atomic E-state index is -0.212. The van der Waals surface area contributed by atoms with E-state index in [1.807, 2.05) is 0 Å². The summed E-state index contributed by atoms with van der Waals surface area (Å²) in [6, 6.07) is 4.91. The SMILES string of the molecule is COc1cccc(F)c1[C@@H]1CNCCN1. The van der Waals surface area contributed by atoms with Crippen molar-refractivity contribution in [3.63, 3.8) is 0 Å². The molecule has 0 spiro atoms. The lowest BCUT2D eigenvalue weighted by atomic mass is 10.0. The van der Waals surface area contributed by atoms with Gasteiger partial charge in [0.2, 0.25) is 0 Å². The molecule has 2 N–H and O–H groups in total. The summed E-state index contributed by atoms with van der Waals surface area (Å²) >= 11 is 0. The van der Waals surface area contributed by atoms with Gasteiger partial charge < -0.3 is 15.4 Å². The minimum absolute atomic E-state index is 0.00472. The molecule has 0 radical (unpaired) electrons. The molecule has 82 valence electrons. The van der Waals surface area contributed by atoms with Crippen LogP contribution in [0.3, 0.4) is 0 Å². The second-order valence-corrected chi connectivity index (χ2v) is 3.57. The number of methoxy groups -OCH3 is 1. The summed E-state index contributed by atoms with van der Waals surface area (Å²) < 4.78 is 18.8. The molecule has 3 nitrogen and oxygen atoms in total. The Balaban J connectivity index is 2.31. The molecule has 15 heavy (non-hydrogen) atoms. The largest absolute Gasteiger partial charge is 0.496 e. The molecule has 4 heteroatoms. The van der Waals surface area contributed by atoms with E-state index < -0.39 is 0 Å². The predicted octanol–water partition coefficient (Wildman–Crippen LogP) is 1.07. The van der Waals surface area contributed by atoms with E-state index in [1.165, 1.54) is 6.07 Å². The number of piperazine rings is 1. The van der Waals surface area contributed by atoms with E-state index in [9.17, 15) is 4.39 Å². The summed E-state index contributed by atoms with van der Waals surface area (Å²) in [6.07, 6.45) is 0. The summed E-state index contributed by atoms with van der Waals surface area (Å²) in [6.45, 7) is 2.51. The fraction of sp³-hybridized carbons (Fsp3) is 0.455. The van der Waals surface area contributed by atoms with Crippen molar-refractivity contribution in [1.29, 1.82) is 0 Å². The van der Waals surface area contributed by atoms with E-state index in [-0.39, 0.29) is 11.9 Å². The Hall–Kier alpha value is -1.13. The lowest BCUT2D eigenvalue weighted by Gasteiger charge is -2.26. The average molecular weight is 210 g/mol. The van der Waals surface area contributed by atoms with Crippen LogP contribution in [0.15, 0.2) is 18.2 Å². The average Bonchev–Trinajstić information content (AvgIpc) is 2.29. The Labute approximate surface area is 88.6 Å². The molecular weight excluding hydrogens is 195 g/mol. The summed E-state index contributed by atoms with van der Waals surface area (Å²) in [5.74, 6) is 0.395. The number of rotatable bonds is 2. The van der Waals surface area contributed by atoms with E-state index in [0.29, 0.717) is 11.3 Å². The molecule has 1 saturated heterocycles. The molecule has 0 unspecified atom stereocenters. The number of halogens is 1. The zero-order chi connectivity index (χ0) is 10.7. The van der Waals surface area contributed by atoms with E-state index in [2.05, 4.69) is 10.6 Å². The van der Waals surface area contributed by atoms with Crippen molar-refractivity contribution in [2.45, 2.75) is 6.04 Å². The first-order chi connectivity index (χ1) is 7.33. The van der Waals surface area contributed by atoms with Crippen LogP contribution in [0.25, 0.3) is 0 Å². The smallest absolute Gasteiger partial charge is 0.131 e. The van der Waals surface area contributed by atoms with Gasteiger partial charge in [0.05, 0.1) is 13.2 Å². The molecule has 1 atom stereocenters. The quantitative estimate of drug-likeness (QED) is 0.766. The minimum Gasteiger partial charge on any atom is -0.496 e. The molecule has 1 aliphatic heterocycles. The van der Waals surface area contributed by atoms with Gasteiger partial charge in [0.15, 0.2) is 0 Å². The molecule has 0 aliphatic carbocycles. The zero-order valence-electron chi connectivity index (χ0n) is 8.72. The lowest BCUT2D eigenvalue weighted by molar-refractivity contribution is 0.371. The highest BCUT2D eigenvalue weighted by atomic mass is 19.1. The Bertz CT molecular complexity index is 337. The maximum Gasteiger partial charge on any atom is 0.131 e. The third-order valence-electron chi connectivity index (χ3n) is 2.62. The number of nitrogens with one attached hydrogen (secondary N) is 2. The Kier molecular flexibility index (Phi) is 3.18. The number of hydrogen-bond acceptors (Lipinski definition) is 3. The predicted molar refractivity (Wildman–Crippen MR) is 56.6 cm³/mol. The highest BCUT2D eigenvalue weighted by molar-refractivity contribution is 5.37. The molecule has 0 bridgehead atoms. The van der Waals surface area contributed by atoms with Crippen LogP contribution >= 0.6 is 0 Å². The second-order valence-electron chi connectivity index (χ2n) is 3.57. The van der Waals surface area contributed by atoms with Gasteiger partial charge in [-0.25, -0.2) is 4.39 Å². The van der Waals surface area contributed by atoms with Crippen LogP contribution in [-0.2, 0) is 0 Å². The normalized spacial score (nSPS) is 21.3. The van der Waals surface area contributed by atoms with Gasteiger partial charge in [0.25, 0.3) is 0 Å². The monoisotopic (exact) mass is 210 g/mol. The first kappa shape index (κ1) is 10.4. The van der Waals surface area contributed by atoms with Gasteiger partial charge in [-0.3, -0.25) is 0 Å². The van der Waals surface area contributed by atoms with E-state index in [4.69, 9.17) is 4.74 Å². The Morgan fingerprint density at radius 2 is 2.27 bits per heavy atom. The summed E-state index contributed by atoms with van der Waals surface area (Å²) in [5, 5.41) is 6.50. The Morgan fingerprint density at radius 1 is 1.40 bits per heavy atom. The molecule has 1 aromatic rings. The third kappa shape index (κ3) is 2.11. The Morgan fingerprint density at radius 3 is 2.93 bits per heavy atom. The molecule has 1 heterocycles. The van der Waals surface area contributed by atoms with E-state index in [1.54, 1.807) is 19.2 Å². The van der Waals surface area contributed by atoms with Crippen LogP contribution in [0.1, 0.15) is 11.6 Å². The first-order valence-electron chi connectivity index (χ1n) is 5.09. The van der Waals surface area contributed by atoms with Crippen LogP contribution in [0.4, 0.5) is 4.39 Å². The van der Waals surface area contributed by atoms with Crippen molar-refractivity contribution in [1.82, 2.24) is 10.6 Å². The van der Waals surface area contributed by atoms with Crippen molar-refractivity contribution < 1.29 is 9.13 Å². The zero-order valence-corrected chi connectivity index (χ0v) is 8.72. The fourth-order valence-corrected chi connectivity index (χ4v) is 1.89. The van der Waals surface area contributed by atoms with Crippen molar-refractivity contribution in [2.75, 3.05) is 26.7 Å². The molecule has 1 fully saturated rings. The lowest BCUT2D eigenvalue weighted by Crippen LogP contribution is -2.43. The molecule has 1 aromatic carbocycles. The molecule has 0 amide bonds. The van der Waals surface area contributed by atoms with Gasteiger partial charge in [-0.2, -0.15) is 0 Å². The van der Waals surface area contributed by atoms with Gasteiger partial charge >= 0.3 is 0 Å². The fourth-order valence-electron chi connectivity index (χ4n) is 1.89. The van der Waals surface area contributed by atoms with Gasteiger partial charge in [0.1, 0.15) is 11.6 Å². The highest BCUT2D eigenvalue weighted by Gasteiger charge is 2.21. The second kappa shape index (κ2) is 4.59. The number of benzene rings is 1. The van der Waals surface area contributed by atoms with Crippen LogP contribution < -0.4 is 15.4 Å². The standard InChI is InChI=1S/C11H15FN2O/c1-15-10-4-2-3-8(12)11(10)9-7-13-5-6-14-9/h2-4,9,13-14H,5-7H2,1H3/t9-/m0/s1. The van der Waals surface area contributed by atoms with Gasteiger partial charge in [0, 0.05) is 25.2 Å². The third-order valence-corrected chi connectivity index (χ3v) is 2.62. The number of hydrogen-bond donors (Lipinski definition) is 2. The van der Waals surface area contributed by atoms with Crippen LogP contribution in [-0.4, -0.2) is 26.7 Å². The van der Waals surface area contributed by atoms with Gasteiger partial charge in [-0.05, 0) is 12.1 Å². The summed E-state index contributed by atoms with van der Waals surface area (Å²) in [4.78, 5) is 0. The van der Waals surface area contributed by atoms with Crippen molar-refractivity contribution >= 4 is 0 Å². The highest BCUT2D eigenvalue weighted by Crippen LogP contribution is 2.27. The van der Waals surface area contributed by atoms with Crippen molar-refractivity contribution in [2.24, 2.45) is 0 Å². The molecule has 1 aliphatic rings. The van der Waals surface area contributed by atoms with Gasteiger partial charge in [-0.1, -0.05) is 6.07 Å². The topological polar surface area (TPSA) is 33.3 Å². The summed E-state index contributed by atoms with van der Waals surface area (Å²) in [5.41, 5.74) is 0.618. The number of ether oxygens (including phenoxy) is 1. The van der Waals surface area contributed by atoms with E-state index >= 15 is 0 Å². The van der Waals surface area contributed by atoms with Crippen molar-refractivity contribution in [3.8, 4) is 5.75 Å². The molecule has 0 aromatic heterocycles. The first-order valence-corrected chi connectivity index (χ1v) is 5.09. The molecule has 0 saturated carbocycles. The van der Waals surface area contributed by atoms with Crippen LogP contribution in [0.2, 0.25) is 0 Å². The van der Waals surface area contributed by atoms with Crippen LogP contribution in [0.5, 0.6) is 5.75 Å². The van der Waals surface area contributed by atoms with Crippen molar-refractivity contribution in [3.05, 3.63) is 29.6 Å². The van der Waals surface area contributed by atoms with E-state index in [0.717, 1.165) is 19.6 Å². The maximum atomic E-state index is 13.7. The molecule has 2 rings (SSSR count). The summed E-state index contributed by atoms with van der Waals surface area (Å²) in [7, 11) is 1.56. The maximum absolute atomic E-state index is 13.7. The van der Waals surface area contributed by atoms with Gasteiger partial charge in [-0.15, -0.1) is 0 Å². The molecular formula is C11H15FN2O.